The Morgan fingerprint density at radius 1 is 1.02 bits per heavy atom. The van der Waals surface area contributed by atoms with Crippen LogP contribution in [0.3, 0.4) is 0 Å². The van der Waals surface area contributed by atoms with Crippen molar-refractivity contribution >= 4 is 23.2 Å². The number of rotatable bonds is 9. The van der Waals surface area contributed by atoms with Crippen LogP contribution < -0.4 is 35.6 Å². The van der Waals surface area contributed by atoms with Crippen LogP contribution in [0.5, 0.6) is 17.2 Å². The number of carbonyl (C=O) groups excluding carboxylic acids is 2. The van der Waals surface area contributed by atoms with Crippen LogP contribution in [-0.2, 0) is 16.0 Å². The summed E-state index contributed by atoms with van der Waals surface area (Å²) in [5, 5.41) is 15.4. The maximum absolute atomic E-state index is 13.5. The van der Waals surface area contributed by atoms with Crippen LogP contribution in [0.4, 0.5) is 11.4 Å². The number of aromatic amines is 1. The highest BCUT2D eigenvalue weighted by Gasteiger charge is 2.29. The molecule has 0 aliphatic heterocycles. The van der Waals surface area contributed by atoms with Crippen LogP contribution >= 0.6 is 0 Å². The lowest BCUT2D eigenvalue weighted by molar-refractivity contribution is -0.119. The van der Waals surface area contributed by atoms with Crippen LogP contribution in [0.25, 0.3) is 22.5 Å². The largest absolute Gasteiger partial charge is 0.493 e. The van der Waals surface area contributed by atoms with E-state index in [0.717, 1.165) is 16.7 Å². The molecule has 0 unspecified atom stereocenters. The van der Waals surface area contributed by atoms with E-state index in [-0.39, 0.29) is 29.5 Å². The minimum absolute atomic E-state index is 0.156. The number of H-pyrrole nitrogens is 1. The molecule has 0 spiro atoms. The van der Waals surface area contributed by atoms with Gasteiger partial charge in [-0.3, -0.25) is 19.5 Å². The lowest BCUT2D eigenvalue weighted by Crippen LogP contribution is -2.27. The van der Waals surface area contributed by atoms with Crippen molar-refractivity contribution in [1.29, 1.82) is 0 Å². The molecule has 1 aliphatic carbocycles. The Kier molecular flexibility index (Phi) is 8.56. The Bertz CT molecular complexity index is 1720. The fourth-order valence-electron chi connectivity index (χ4n) is 5.32. The molecular formula is C31H32N6O6. The molecule has 0 fully saturated rings. The number of nitrogens with zero attached hydrogens (tertiary/aromatic N) is 2. The van der Waals surface area contributed by atoms with Gasteiger partial charge in [0.25, 0.3) is 0 Å². The average Bonchev–Trinajstić information content (AvgIpc) is 3.44. The van der Waals surface area contributed by atoms with Crippen molar-refractivity contribution in [2.75, 3.05) is 38.5 Å². The number of hydrogen-bond donors (Lipinski definition) is 4. The zero-order valence-corrected chi connectivity index (χ0v) is 24.2. The molecule has 5 rings (SSSR count). The summed E-state index contributed by atoms with van der Waals surface area (Å²) in [7, 11) is 4.63. The van der Waals surface area contributed by atoms with E-state index in [9.17, 15) is 14.4 Å². The van der Waals surface area contributed by atoms with Crippen molar-refractivity contribution in [2.24, 2.45) is 0 Å². The quantitative estimate of drug-likeness (QED) is 0.230. The molecular weight excluding hydrogens is 552 g/mol. The number of amides is 2. The normalized spacial score (nSPS) is 13.5. The lowest BCUT2D eigenvalue weighted by atomic mass is 9.95. The van der Waals surface area contributed by atoms with Gasteiger partial charge in [-0.05, 0) is 59.9 Å². The van der Waals surface area contributed by atoms with Crippen LogP contribution in [0.15, 0.2) is 59.7 Å². The van der Waals surface area contributed by atoms with E-state index in [1.165, 1.54) is 26.4 Å². The molecule has 2 amide bonds. The minimum atomic E-state index is -0.436. The molecule has 1 aromatic heterocycles. The number of anilines is 2. The summed E-state index contributed by atoms with van der Waals surface area (Å²) in [4.78, 5) is 42.6. The molecule has 0 bridgehead atoms. The predicted octanol–water partition coefficient (Wildman–Crippen LogP) is 3.70. The van der Waals surface area contributed by atoms with E-state index in [0.29, 0.717) is 52.7 Å². The van der Waals surface area contributed by atoms with E-state index < -0.39 is 6.04 Å². The number of carbonyl (C=O) groups is 2. The number of aryl methyl sites for hydroxylation is 1. The summed E-state index contributed by atoms with van der Waals surface area (Å²) in [5.41, 5.74) is 4.22. The third kappa shape index (κ3) is 6.13. The minimum Gasteiger partial charge on any atom is -0.493 e. The first kappa shape index (κ1) is 29.1. The van der Waals surface area contributed by atoms with E-state index >= 15 is 0 Å². The van der Waals surface area contributed by atoms with Crippen LogP contribution in [-0.4, -0.2) is 54.9 Å². The predicted molar refractivity (Wildman–Crippen MR) is 162 cm³/mol. The third-order valence-corrected chi connectivity index (χ3v) is 7.19. The number of nitrogens with one attached hydrogen (secondary N) is 4. The average molecular weight is 585 g/mol. The first-order valence-electron chi connectivity index (χ1n) is 13.6. The molecule has 1 atom stereocenters. The Labute approximate surface area is 247 Å². The Hall–Kier alpha value is -5.39. The van der Waals surface area contributed by atoms with E-state index in [1.807, 2.05) is 12.1 Å². The summed E-state index contributed by atoms with van der Waals surface area (Å²) in [5.74, 6) is 1.41. The zero-order chi connectivity index (χ0) is 30.5. The van der Waals surface area contributed by atoms with Crippen LogP contribution in [0.2, 0.25) is 0 Å². The summed E-state index contributed by atoms with van der Waals surface area (Å²) in [6, 6.07) is 13.6. The number of fused-ring (bicyclic) bond motifs is 3. The van der Waals surface area contributed by atoms with E-state index in [2.05, 4.69) is 31.1 Å². The van der Waals surface area contributed by atoms with Gasteiger partial charge >= 0.3 is 0 Å². The van der Waals surface area contributed by atoms with Crippen molar-refractivity contribution in [3.8, 4) is 39.8 Å². The number of ether oxygens (including phenoxy) is 3. The molecule has 0 saturated heterocycles. The first-order valence-corrected chi connectivity index (χ1v) is 13.6. The SMILES string of the molecule is COc1cc2c(c(OC)c1OC)-c1ccc(NCC(=O)Nc3cccc(-c4ncn[nH]4)c3)c(=O)cc1[C@@H](NC(C)=O)CC2. The molecule has 4 aromatic rings. The first-order chi connectivity index (χ1) is 20.8. The lowest BCUT2D eigenvalue weighted by Gasteiger charge is -2.19. The van der Waals surface area contributed by atoms with Crippen molar-refractivity contribution < 1.29 is 23.8 Å². The van der Waals surface area contributed by atoms with Crippen molar-refractivity contribution in [3.63, 3.8) is 0 Å². The van der Waals surface area contributed by atoms with Gasteiger partial charge < -0.3 is 30.2 Å². The number of benzene rings is 2. The van der Waals surface area contributed by atoms with Crippen molar-refractivity contribution in [2.45, 2.75) is 25.8 Å². The topological polar surface area (TPSA) is 157 Å². The van der Waals surface area contributed by atoms with Gasteiger partial charge in [0.2, 0.25) is 23.0 Å². The molecule has 1 heterocycles. The van der Waals surface area contributed by atoms with Gasteiger partial charge in [0.05, 0.1) is 39.6 Å². The summed E-state index contributed by atoms with van der Waals surface area (Å²) in [6.07, 6.45) is 2.54. The molecule has 4 N–H and O–H groups in total. The highest BCUT2D eigenvalue weighted by Crippen LogP contribution is 2.50. The molecule has 1 aliphatic rings. The number of hydrogen-bond acceptors (Lipinski definition) is 9. The molecule has 43 heavy (non-hydrogen) atoms. The van der Waals surface area contributed by atoms with Gasteiger partial charge in [0.1, 0.15) is 6.33 Å². The molecule has 222 valence electrons. The molecule has 12 heteroatoms. The molecule has 0 radical (unpaired) electrons. The smallest absolute Gasteiger partial charge is 0.243 e. The van der Waals surface area contributed by atoms with E-state index in [4.69, 9.17) is 14.2 Å². The van der Waals surface area contributed by atoms with Crippen LogP contribution in [0.1, 0.15) is 30.5 Å². The molecule has 12 nitrogen and oxygen atoms in total. The standard InChI is InChI=1S/C31H32N6O6/c1-17(38)35-23-10-8-18-13-26(41-2)29(42-3)30(43-4)28(18)21-9-11-24(25(39)14-22(21)23)32-15-27(40)36-20-7-5-6-19(12-20)31-33-16-34-37-31/h5-7,9,11-14,16,23H,8,10,15H2,1-4H3,(H,32,39)(H,35,38)(H,36,40)(H,33,34,37)/t23-/m0/s1. The summed E-state index contributed by atoms with van der Waals surface area (Å²) < 4.78 is 17.0. The Balaban J connectivity index is 1.48. The monoisotopic (exact) mass is 584 g/mol. The second kappa shape index (κ2) is 12.6. The molecule has 3 aromatic carbocycles. The highest BCUT2D eigenvalue weighted by molar-refractivity contribution is 5.94. The van der Waals surface area contributed by atoms with Crippen molar-refractivity contribution in [1.82, 2.24) is 20.5 Å². The zero-order valence-electron chi connectivity index (χ0n) is 24.2. The highest BCUT2D eigenvalue weighted by atomic mass is 16.5. The Morgan fingerprint density at radius 3 is 2.53 bits per heavy atom. The summed E-state index contributed by atoms with van der Waals surface area (Å²) >= 11 is 0. The number of methoxy groups -OCH3 is 3. The van der Waals surface area contributed by atoms with Gasteiger partial charge in [0, 0.05) is 23.7 Å². The second-order valence-corrected chi connectivity index (χ2v) is 9.91. The van der Waals surface area contributed by atoms with E-state index in [1.54, 1.807) is 44.6 Å². The number of aromatic nitrogens is 3. The Morgan fingerprint density at radius 2 is 1.84 bits per heavy atom. The maximum atomic E-state index is 13.5. The van der Waals surface area contributed by atoms with Gasteiger partial charge in [-0.25, -0.2) is 4.98 Å². The van der Waals surface area contributed by atoms with Gasteiger partial charge in [-0.1, -0.05) is 18.2 Å². The maximum Gasteiger partial charge on any atom is 0.243 e. The van der Waals surface area contributed by atoms with Gasteiger partial charge in [-0.15, -0.1) is 0 Å². The van der Waals surface area contributed by atoms with Crippen molar-refractivity contribution in [3.05, 3.63) is 76.2 Å². The van der Waals surface area contributed by atoms with Crippen LogP contribution in [0, 0.1) is 0 Å². The fraction of sp³-hybridized carbons (Fsp3) is 0.258. The summed E-state index contributed by atoms with van der Waals surface area (Å²) in [6.45, 7) is 1.29. The van der Waals surface area contributed by atoms with Gasteiger partial charge in [-0.2, -0.15) is 5.10 Å². The fourth-order valence-corrected chi connectivity index (χ4v) is 5.32. The van der Waals surface area contributed by atoms with Gasteiger partial charge in [0.15, 0.2) is 17.3 Å². The second-order valence-electron chi connectivity index (χ2n) is 9.91. The third-order valence-electron chi connectivity index (χ3n) is 7.19. The molecule has 0 saturated carbocycles.